The Morgan fingerprint density at radius 3 is 2.14 bits per heavy atom. The van der Waals surface area contributed by atoms with Gasteiger partial charge in [0.25, 0.3) is 11.8 Å². The smallest absolute Gasteiger partial charge is 0.341 e. The van der Waals surface area contributed by atoms with Crippen molar-refractivity contribution >= 4 is 17.8 Å². The quantitative estimate of drug-likeness (QED) is 0.495. The predicted octanol–water partition coefficient (Wildman–Crippen LogP) is 2.94. The first kappa shape index (κ1) is 18.6. The summed E-state index contributed by atoms with van der Waals surface area (Å²) in [6, 6.07) is 16.2. The molecule has 2 aromatic carbocycles. The Morgan fingerprint density at radius 1 is 0.931 bits per heavy atom. The topological polar surface area (TPSA) is 81.5 Å². The highest BCUT2D eigenvalue weighted by atomic mass is 16.5. The van der Waals surface area contributed by atoms with Crippen LogP contribution in [0.4, 0.5) is 0 Å². The number of amides is 2. The summed E-state index contributed by atoms with van der Waals surface area (Å²) in [5, 5.41) is 4.44. The number of aryl methyl sites for hydroxylation is 1. The number of hydrogen-bond acceptors (Lipinski definition) is 5. The van der Waals surface area contributed by atoms with E-state index >= 15 is 0 Å². The zero-order valence-electron chi connectivity index (χ0n) is 16.1. The Kier molecular flexibility index (Phi) is 4.72. The van der Waals surface area contributed by atoms with Crippen molar-refractivity contribution in [2.24, 2.45) is 0 Å². The number of imide groups is 1. The maximum absolute atomic E-state index is 12.6. The van der Waals surface area contributed by atoms with Crippen LogP contribution < -0.4 is 0 Å². The third kappa shape index (κ3) is 3.20. The van der Waals surface area contributed by atoms with Crippen LogP contribution >= 0.6 is 0 Å². The average Bonchev–Trinajstić information content (AvgIpc) is 3.16. The van der Waals surface area contributed by atoms with Crippen LogP contribution in [-0.2, 0) is 4.74 Å². The maximum Gasteiger partial charge on any atom is 0.341 e. The van der Waals surface area contributed by atoms with Crippen molar-refractivity contribution in [3.63, 3.8) is 0 Å². The van der Waals surface area contributed by atoms with Gasteiger partial charge < -0.3 is 4.74 Å². The van der Waals surface area contributed by atoms with E-state index in [-0.39, 0.29) is 25.0 Å². The van der Waals surface area contributed by atoms with E-state index in [4.69, 9.17) is 4.74 Å². The highest BCUT2D eigenvalue weighted by Crippen LogP contribution is 2.22. The molecule has 0 spiro atoms. The molecule has 0 radical (unpaired) electrons. The summed E-state index contributed by atoms with van der Waals surface area (Å²) in [5.74, 6) is -1.27. The number of carbonyl (C=O) groups excluding carboxylic acids is 3. The van der Waals surface area contributed by atoms with Gasteiger partial charge in [-0.2, -0.15) is 5.10 Å². The molecule has 7 nitrogen and oxygen atoms in total. The standard InChI is InChI=1S/C22H19N3O4/c1-14-19(15(2)25(23-14)16-8-4-3-5-9-16)22(28)29-13-12-24-20(26)17-10-6-7-11-18(17)21(24)27/h3-11H,12-13H2,1-2H3. The minimum Gasteiger partial charge on any atom is -0.460 e. The first-order chi connectivity index (χ1) is 14.0. The van der Waals surface area contributed by atoms with Crippen LogP contribution in [0.1, 0.15) is 42.5 Å². The van der Waals surface area contributed by atoms with Gasteiger partial charge in [0.1, 0.15) is 12.2 Å². The number of hydrogen-bond donors (Lipinski definition) is 0. The molecule has 1 aliphatic rings. The summed E-state index contributed by atoms with van der Waals surface area (Å²) >= 11 is 0. The lowest BCUT2D eigenvalue weighted by Crippen LogP contribution is -2.33. The van der Waals surface area contributed by atoms with Crippen molar-refractivity contribution in [3.8, 4) is 5.69 Å². The lowest BCUT2D eigenvalue weighted by molar-refractivity contribution is 0.0419. The summed E-state index contributed by atoms with van der Waals surface area (Å²) in [5.41, 5.74) is 3.20. The third-order valence-corrected chi connectivity index (χ3v) is 4.92. The van der Waals surface area contributed by atoms with Gasteiger partial charge in [-0.3, -0.25) is 14.5 Å². The molecule has 1 aliphatic heterocycles. The van der Waals surface area contributed by atoms with E-state index < -0.39 is 5.97 Å². The summed E-state index contributed by atoms with van der Waals surface area (Å²) in [6.45, 7) is 3.46. The number of carbonyl (C=O) groups is 3. The summed E-state index contributed by atoms with van der Waals surface area (Å²) in [4.78, 5) is 38.5. The van der Waals surface area contributed by atoms with E-state index in [0.29, 0.717) is 28.1 Å². The SMILES string of the molecule is Cc1nn(-c2ccccc2)c(C)c1C(=O)OCCN1C(=O)c2ccccc2C1=O. The first-order valence-electron chi connectivity index (χ1n) is 9.23. The minimum atomic E-state index is -0.529. The van der Waals surface area contributed by atoms with Crippen molar-refractivity contribution in [3.05, 3.63) is 82.7 Å². The first-order valence-corrected chi connectivity index (χ1v) is 9.23. The lowest BCUT2D eigenvalue weighted by Gasteiger charge is -2.14. The molecule has 0 atom stereocenters. The average molecular weight is 389 g/mol. The number of para-hydroxylation sites is 1. The second-order valence-corrected chi connectivity index (χ2v) is 6.74. The Hall–Kier alpha value is -3.74. The molecular formula is C22H19N3O4. The molecule has 7 heteroatoms. The van der Waals surface area contributed by atoms with Crippen LogP contribution in [0.3, 0.4) is 0 Å². The van der Waals surface area contributed by atoms with Gasteiger partial charge in [-0.15, -0.1) is 0 Å². The zero-order chi connectivity index (χ0) is 20.5. The van der Waals surface area contributed by atoms with Crippen molar-refractivity contribution in [2.45, 2.75) is 13.8 Å². The summed E-state index contributed by atoms with van der Waals surface area (Å²) in [7, 11) is 0. The van der Waals surface area contributed by atoms with E-state index in [1.54, 1.807) is 42.8 Å². The molecule has 0 unspecified atom stereocenters. The molecular weight excluding hydrogens is 370 g/mol. The number of fused-ring (bicyclic) bond motifs is 1. The number of esters is 1. The molecule has 0 saturated carbocycles. The van der Waals surface area contributed by atoms with E-state index in [1.807, 2.05) is 30.3 Å². The van der Waals surface area contributed by atoms with Gasteiger partial charge in [0.2, 0.25) is 0 Å². The fraction of sp³-hybridized carbons (Fsp3) is 0.182. The van der Waals surface area contributed by atoms with Crippen LogP contribution in [0.5, 0.6) is 0 Å². The number of nitrogens with zero attached hydrogens (tertiary/aromatic N) is 3. The Morgan fingerprint density at radius 2 is 1.52 bits per heavy atom. The fourth-order valence-corrected chi connectivity index (χ4v) is 3.50. The predicted molar refractivity (Wildman–Crippen MR) is 105 cm³/mol. The van der Waals surface area contributed by atoms with Crippen molar-refractivity contribution in [1.29, 1.82) is 0 Å². The van der Waals surface area contributed by atoms with Crippen molar-refractivity contribution in [1.82, 2.24) is 14.7 Å². The molecule has 0 aliphatic carbocycles. The molecule has 2 heterocycles. The molecule has 0 N–H and O–H groups in total. The van der Waals surface area contributed by atoms with Crippen LogP contribution in [0, 0.1) is 13.8 Å². The van der Waals surface area contributed by atoms with E-state index in [0.717, 1.165) is 10.6 Å². The lowest BCUT2D eigenvalue weighted by atomic mass is 10.1. The molecule has 0 saturated heterocycles. The molecule has 1 aromatic heterocycles. The molecule has 146 valence electrons. The monoisotopic (exact) mass is 389 g/mol. The Labute approximate surface area is 167 Å². The van der Waals surface area contributed by atoms with Crippen LogP contribution in [0.25, 0.3) is 5.69 Å². The summed E-state index contributed by atoms with van der Waals surface area (Å²) < 4.78 is 7.05. The van der Waals surface area contributed by atoms with E-state index in [9.17, 15) is 14.4 Å². The molecule has 3 aromatic rings. The molecule has 0 bridgehead atoms. The van der Waals surface area contributed by atoms with Gasteiger partial charge >= 0.3 is 5.97 Å². The molecule has 4 rings (SSSR count). The van der Waals surface area contributed by atoms with E-state index in [1.165, 1.54) is 0 Å². The largest absolute Gasteiger partial charge is 0.460 e. The van der Waals surface area contributed by atoms with Gasteiger partial charge in [0.05, 0.1) is 34.7 Å². The van der Waals surface area contributed by atoms with Crippen molar-refractivity contribution in [2.75, 3.05) is 13.2 Å². The molecule has 2 amide bonds. The maximum atomic E-state index is 12.6. The number of ether oxygens (including phenoxy) is 1. The normalized spacial score (nSPS) is 13.0. The van der Waals surface area contributed by atoms with Gasteiger partial charge in [0, 0.05) is 0 Å². The highest BCUT2D eigenvalue weighted by Gasteiger charge is 2.35. The van der Waals surface area contributed by atoms with Crippen LogP contribution in [0.2, 0.25) is 0 Å². The van der Waals surface area contributed by atoms with Gasteiger partial charge in [-0.05, 0) is 38.1 Å². The number of benzene rings is 2. The van der Waals surface area contributed by atoms with Crippen molar-refractivity contribution < 1.29 is 19.1 Å². The van der Waals surface area contributed by atoms with Crippen LogP contribution in [-0.4, -0.2) is 45.6 Å². The fourth-order valence-electron chi connectivity index (χ4n) is 3.50. The summed E-state index contributed by atoms with van der Waals surface area (Å²) in [6.07, 6.45) is 0. The second-order valence-electron chi connectivity index (χ2n) is 6.74. The Balaban J connectivity index is 1.45. The third-order valence-electron chi connectivity index (χ3n) is 4.92. The second kappa shape index (κ2) is 7.35. The van der Waals surface area contributed by atoms with Gasteiger partial charge in [-0.25, -0.2) is 9.48 Å². The van der Waals surface area contributed by atoms with Gasteiger partial charge in [-0.1, -0.05) is 30.3 Å². The molecule has 29 heavy (non-hydrogen) atoms. The Bertz CT molecular complexity index is 1080. The van der Waals surface area contributed by atoms with Crippen LogP contribution in [0.15, 0.2) is 54.6 Å². The van der Waals surface area contributed by atoms with Gasteiger partial charge in [0.15, 0.2) is 0 Å². The highest BCUT2D eigenvalue weighted by molar-refractivity contribution is 6.21. The zero-order valence-corrected chi connectivity index (χ0v) is 16.1. The van der Waals surface area contributed by atoms with E-state index in [2.05, 4.69) is 5.10 Å². The number of aromatic nitrogens is 2. The molecule has 0 fully saturated rings. The number of rotatable bonds is 5. The minimum absolute atomic E-state index is 0.00298.